The van der Waals surface area contributed by atoms with Gasteiger partial charge in [0, 0.05) is 37.5 Å². The first-order valence-electron chi connectivity index (χ1n) is 10.1. The number of hydrogen-bond acceptors (Lipinski definition) is 4. The molecule has 3 aromatic rings. The van der Waals surface area contributed by atoms with Gasteiger partial charge in [0.2, 0.25) is 0 Å². The molecule has 0 aromatic carbocycles. The fourth-order valence-corrected chi connectivity index (χ4v) is 3.46. The lowest BCUT2D eigenvalue weighted by atomic mass is 9.96. The first kappa shape index (κ1) is 24.2. The van der Waals surface area contributed by atoms with Gasteiger partial charge in [0.15, 0.2) is 5.96 Å². The number of aliphatic hydroxyl groups is 1. The highest BCUT2D eigenvalue weighted by Gasteiger charge is 2.27. The maximum absolute atomic E-state index is 10.9. The van der Waals surface area contributed by atoms with Crippen molar-refractivity contribution >= 4 is 35.6 Å². The minimum atomic E-state index is -1.09. The Balaban J connectivity index is 0.00000320. The Kier molecular flexibility index (Phi) is 8.31. The molecule has 3 rings (SSSR count). The zero-order chi connectivity index (χ0) is 21.0. The molecule has 3 heterocycles. The van der Waals surface area contributed by atoms with Crippen molar-refractivity contribution in [3.05, 3.63) is 58.9 Å². The third-order valence-corrected chi connectivity index (χ3v) is 4.91. The molecule has 8 heteroatoms. The summed E-state index contributed by atoms with van der Waals surface area (Å²) in [4.78, 5) is 9.28. The summed E-state index contributed by atoms with van der Waals surface area (Å²) in [5, 5.41) is 17.4. The quantitative estimate of drug-likeness (QED) is 0.250. The molecule has 0 aliphatic heterocycles. The van der Waals surface area contributed by atoms with E-state index in [4.69, 9.17) is 9.40 Å². The van der Waals surface area contributed by atoms with Crippen LogP contribution in [0.3, 0.4) is 0 Å². The predicted octanol–water partition coefficient (Wildman–Crippen LogP) is 3.48. The van der Waals surface area contributed by atoms with E-state index in [1.807, 2.05) is 39.1 Å². The van der Waals surface area contributed by atoms with Crippen LogP contribution in [-0.4, -0.2) is 40.1 Å². The monoisotopic (exact) mass is 525 g/mol. The summed E-state index contributed by atoms with van der Waals surface area (Å²) in [7, 11) is 0. The second-order valence-electron chi connectivity index (χ2n) is 7.63. The molecule has 0 radical (unpaired) electrons. The van der Waals surface area contributed by atoms with Crippen molar-refractivity contribution in [1.82, 2.24) is 20.0 Å². The van der Waals surface area contributed by atoms with Crippen LogP contribution in [0.2, 0.25) is 0 Å². The first-order chi connectivity index (χ1) is 13.8. The van der Waals surface area contributed by atoms with Gasteiger partial charge < -0.3 is 24.6 Å². The highest BCUT2D eigenvalue weighted by atomic mass is 127. The zero-order valence-corrected chi connectivity index (χ0v) is 20.7. The third kappa shape index (κ3) is 5.75. The highest BCUT2D eigenvalue weighted by Crippen LogP contribution is 2.27. The van der Waals surface area contributed by atoms with Gasteiger partial charge in [-0.25, -0.2) is 9.98 Å². The number of furan rings is 1. The number of guanidine groups is 1. The maximum atomic E-state index is 10.9. The maximum Gasteiger partial charge on any atom is 0.191 e. The van der Waals surface area contributed by atoms with E-state index >= 15 is 0 Å². The molecule has 3 N–H and O–H groups in total. The Morgan fingerprint density at radius 2 is 2.07 bits per heavy atom. The summed E-state index contributed by atoms with van der Waals surface area (Å²) in [5.41, 5.74) is 2.86. The number of halogens is 1. The Morgan fingerprint density at radius 3 is 2.70 bits per heavy atom. The van der Waals surface area contributed by atoms with E-state index in [-0.39, 0.29) is 30.5 Å². The molecule has 7 nitrogen and oxygen atoms in total. The fourth-order valence-electron chi connectivity index (χ4n) is 3.46. The number of hydrogen-bond donors (Lipinski definition) is 3. The Morgan fingerprint density at radius 1 is 1.30 bits per heavy atom. The summed E-state index contributed by atoms with van der Waals surface area (Å²) < 4.78 is 7.61. The number of aromatic nitrogens is 2. The van der Waals surface area contributed by atoms with Gasteiger partial charge in [-0.3, -0.25) is 0 Å². The Labute approximate surface area is 195 Å². The lowest BCUT2D eigenvalue weighted by Gasteiger charge is -2.21. The molecular weight excluding hydrogens is 493 g/mol. The van der Waals surface area contributed by atoms with Crippen LogP contribution in [0.1, 0.15) is 42.2 Å². The number of aryl methyl sites for hydroxylation is 3. The van der Waals surface area contributed by atoms with Gasteiger partial charge in [-0.2, -0.15) is 0 Å². The van der Waals surface area contributed by atoms with Crippen molar-refractivity contribution in [3.63, 3.8) is 0 Å². The third-order valence-electron chi connectivity index (χ3n) is 4.91. The molecule has 0 saturated heterocycles. The predicted molar refractivity (Wildman–Crippen MR) is 131 cm³/mol. The number of fused-ring (bicyclic) bond motifs is 1. The number of nitrogens with zero attached hydrogens (tertiary/aromatic N) is 3. The van der Waals surface area contributed by atoms with E-state index in [1.165, 1.54) is 0 Å². The number of imidazole rings is 1. The summed E-state index contributed by atoms with van der Waals surface area (Å²) in [5.74, 6) is 2.18. The number of pyridine rings is 1. The van der Waals surface area contributed by atoms with Crippen molar-refractivity contribution in [1.29, 1.82) is 0 Å². The number of nitrogens with one attached hydrogen (secondary N) is 2. The van der Waals surface area contributed by atoms with Crippen molar-refractivity contribution in [2.75, 3.05) is 19.6 Å². The molecule has 164 valence electrons. The lowest BCUT2D eigenvalue weighted by Crippen LogP contribution is -2.39. The second-order valence-corrected chi connectivity index (χ2v) is 7.63. The van der Waals surface area contributed by atoms with Gasteiger partial charge in [0.25, 0.3) is 0 Å². The minimum Gasteiger partial charge on any atom is -0.466 e. The average Bonchev–Trinajstić information content (AvgIpc) is 3.23. The van der Waals surface area contributed by atoms with E-state index < -0.39 is 5.60 Å². The summed E-state index contributed by atoms with van der Waals surface area (Å²) in [6.07, 6.45) is 4.85. The molecule has 0 spiro atoms. The molecule has 0 saturated carbocycles. The summed E-state index contributed by atoms with van der Waals surface area (Å²) >= 11 is 0. The number of aliphatic imine (C=N–C) groups is 1. The van der Waals surface area contributed by atoms with Crippen LogP contribution in [-0.2, 0) is 12.0 Å². The summed E-state index contributed by atoms with van der Waals surface area (Å²) in [6.45, 7) is 11.3. The average molecular weight is 525 g/mol. The van der Waals surface area contributed by atoms with Crippen LogP contribution >= 0.6 is 24.0 Å². The Hall–Kier alpha value is -2.07. The van der Waals surface area contributed by atoms with Crippen LogP contribution < -0.4 is 10.6 Å². The van der Waals surface area contributed by atoms with Crippen molar-refractivity contribution in [2.24, 2.45) is 4.99 Å². The van der Waals surface area contributed by atoms with Crippen molar-refractivity contribution < 1.29 is 9.52 Å². The number of rotatable bonds is 7. The van der Waals surface area contributed by atoms with Crippen LogP contribution in [0, 0.1) is 20.8 Å². The minimum absolute atomic E-state index is 0. The normalized spacial score (nSPS) is 13.7. The summed E-state index contributed by atoms with van der Waals surface area (Å²) in [6, 6.07) is 5.96. The zero-order valence-electron chi connectivity index (χ0n) is 18.3. The Bertz CT molecular complexity index is 1010. The molecule has 0 aliphatic rings. The van der Waals surface area contributed by atoms with E-state index in [0.29, 0.717) is 12.5 Å². The molecule has 0 bridgehead atoms. The molecule has 3 aromatic heterocycles. The SMILES string of the molecule is CCNC(=NCC(C)(O)c1cc(C)oc1C)NCCc1cn2cccc(C)c2n1.I. The van der Waals surface area contributed by atoms with Gasteiger partial charge in [-0.1, -0.05) is 6.07 Å². The van der Waals surface area contributed by atoms with Crippen molar-refractivity contribution in [2.45, 2.75) is 46.6 Å². The van der Waals surface area contributed by atoms with Crippen molar-refractivity contribution in [3.8, 4) is 0 Å². The molecule has 1 atom stereocenters. The largest absolute Gasteiger partial charge is 0.466 e. The van der Waals surface area contributed by atoms with E-state index in [9.17, 15) is 5.11 Å². The standard InChI is InChI=1S/C22H31N5O2.HI/c1-6-23-21(25-14-22(5,28)19-12-16(3)29-17(19)4)24-10-9-18-13-27-11-7-8-15(2)20(27)26-18;/h7-8,11-13,28H,6,9-10,14H2,1-5H3,(H2,23,24,25);1H. The highest BCUT2D eigenvalue weighted by molar-refractivity contribution is 14.0. The van der Waals surface area contributed by atoms with E-state index in [2.05, 4.69) is 39.2 Å². The first-order valence-corrected chi connectivity index (χ1v) is 10.1. The topological polar surface area (TPSA) is 87.1 Å². The molecule has 1 unspecified atom stereocenters. The fraction of sp³-hybridized carbons (Fsp3) is 0.455. The van der Waals surface area contributed by atoms with Gasteiger partial charge in [-0.15, -0.1) is 24.0 Å². The molecular formula is C22H32IN5O2. The van der Waals surface area contributed by atoms with Gasteiger partial charge in [0.05, 0.1) is 12.2 Å². The van der Waals surface area contributed by atoms with Crippen LogP contribution in [0.4, 0.5) is 0 Å². The van der Waals surface area contributed by atoms with Gasteiger partial charge in [0.1, 0.15) is 22.8 Å². The van der Waals surface area contributed by atoms with E-state index in [0.717, 1.165) is 47.0 Å². The molecule has 0 amide bonds. The van der Waals surface area contributed by atoms with Gasteiger partial charge in [-0.05, 0) is 52.3 Å². The molecule has 0 aliphatic carbocycles. The van der Waals surface area contributed by atoms with Crippen LogP contribution in [0.25, 0.3) is 5.65 Å². The molecule has 0 fully saturated rings. The smallest absolute Gasteiger partial charge is 0.191 e. The van der Waals surface area contributed by atoms with Crippen LogP contribution in [0.5, 0.6) is 0 Å². The van der Waals surface area contributed by atoms with Gasteiger partial charge >= 0.3 is 0 Å². The van der Waals surface area contributed by atoms with Crippen LogP contribution in [0.15, 0.2) is 40.0 Å². The lowest BCUT2D eigenvalue weighted by molar-refractivity contribution is 0.0657. The molecule has 30 heavy (non-hydrogen) atoms. The van der Waals surface area contributed by atoms with E-state index in [1.54, 1.807) is 6.92 Å². The second kappa shape index (κ2) is 10.3.